The number of rotatable bonds is 2. The summed E-state index contributed by atoms with van der Waals surface area (Å²) in [6, 6.07) is 4.71. The van der Waals surface area contributed by atoms with Gasteiger partial charge in [-0.05, 0) is 18.2 Å². The van der Waals surface area contributed by atoms with E-state index in [1.54, 1.807) is 12.1 Å². The fourth-order valence-corrected chi connectivity index (χ4v) is 3.21. The molecule has 2 heterocycles. The number of anilines is 1. The molecule has 0 saturated carbocycles. The van der Waals surface area contributed by atoms with Crippen molar-refractivity contribution >= 4 is 46.6 Å². The molecule has 1 amide bonds. The van der Waals surface area contributed by atoms with Crippen molar-refractivity contribution in [1.82, 2.24) is 9.55 Å². The molecule has 1 N–H and O–H groups in total. The van der Waals surface area contributed by atoms with E-state index in [0.717, 1.165) is 5.75 Å². The maximum Gasteiger partial charge on any atom is 0.267 e. The molecule has 0 bridgehead atoms. The van der Waals surface area contributed by atoms with Crippen molar-refractivity contribution in [3.63, 3.8) is 0 Å². The number of nitrogens with zero attached hydrogens (tertiary/aromatic N) is 2. The molecule has 2 aromatic rings. The highest BCUT2D eigenvalue weighted by Gasteiger charge is 2.20. The molecular weight excluding hydrogens is 333 g/mol. The Morgan fingerprint density at radius 3 is 3.00 bits per heavy atom. The fraction of sp³-hybridized carbons (Fsp3) is 0.154. The topological polar surface area (TPSA) is 64.0 Å². The summed E-state index contributed by atoms with van der Waals surface area (Å²) in [5, 5.41) is 4.00. The molecule has 1 aliphatic rings. The lowest BCUT2D eigenvalue weighted by Gasteiger charge is -2.08. The van der Waals surface area contributed by atoms with Crippen LogP contribution in [0.2, 0.25) is 10.0 Å². The van der Waals surface area contributed by atoms with Gasteiger partial charge in [-0.3, -0.25) is 14.2 Å². The van der Waals surface area contributed by atoms with Crippen LogP contribution in [0.5, 0.6) is 0 Å². The smallest absolute Gasteiger partial charge is 0.267 e. The lowest BCUT2D eigenvalue weighted by Crippen LogP contribution is -2.29. The van der Waals surface area contributed by atoms with E-state index in [4.69, 9.17) is 23.2 Å². The Hall–Kier alpha value is -1.50. The van der Waals surface area contributed by atoms with Crippen molar-refractivity contribution in [2.75, 3.05) is 11.1 Å². The number of carbonyl (C=O) groups is 1. The van der Waals surface area contributed by atoms with E-state index in [2.05, 4.69) is 10.3 Å². The first-order valence-corrected chi connectivity index (χ1v) is 7.79. The van der Waals surface area contributed by atoms with Crippen molar-refractivity contribution in [2.45, 2.75) is 11.7 Å². The molecule has 108 valence electrons. The number of benzene rings is 1. The first-order valence-electron chi connectivity index (χ1n) is 6.05. The summed E-state index contributed by atoms with van der Waals surface area (Å²) < 4.78 is 1.50. The summed E-state index contributed by atoms with van der Waals surface area (Å²) in [7, 11) is 0. The lowest BCUT2D eigenvalue weighted by atomic mass is 10.2. The van der Waals surface area contributed by atoms with E-state index in [1.165, 1.54) is 28.6 Å². The van der Waals surface area contributed by atoms with E-state index >= 15 is 0 Å². The zero-order chi connectivity index (χ0) is 15.0. The van der Waals surface area contributed by atoms with Gasteiger partial charge in [0.1, 0.15) is 5.56 Å². The van der Waals surface area contributed by atoms with Crippen LogP contribution in [0.1, 0.15) is 10.4 Å². The van der Waals surface area contributed by atoms with Gasteiger partial charge in [-0.25, -0.2) is 4.98 Å². The number of thioether (sulfide) groups is 1. The molecule has 1 aromatic carbocycles. The maximum absolute atomic E-state index is 12.2. The second-order valence-corrected chi connectivity index (χ2v) is 6.24. The highest BCUT2D eigenvalue weighted by atomic mass is 35.5. The SMILES string of the molecule is O=C(Nc1cc(Cl)ccc1Cl)c1cnc2n(c1=O)CCS2. The number of amides is 1. The van der Waals surface area contributed by atoms with Crippen molar-refractivity contribution < 1.29 is 4.79 Å². The second kappa shape index (κ2) is 5.71. The van der Waals surface area contributed by atoms with Gasteiger partial charge in [-0.15, -0.1) is 0 Å². The van der Waals surface area contributed by atoms with Gasteiger partial charge in [0.15, 0.2) is 5.16 Å². The van der Waals surface area contributed by atoms with E-state index < -0.39 is 5.91 Å². The molecule has 0 saturated heterocycles. The highest BCUT2D eigenvalue weighted by Crippen LogP contribution is 2.26. The van der Waals surface area contributed by atoms with Crippen LogP contribution in [0.4, 0.5) is 5.69 Å². The van der Waals surface area contributed by atoms with E-state index in [9.17, 15) is 9.59 Å². The largest absolute Gasteiger partial charge is 0.320 e. The highest BCUT2D eigenvalue weighted by molar-refractivity contribution is 7.99. The molecule has 8 heteroatoms. The number of fused-ring (bicyclic) bond motifs is 1. The molecule has 0 aliphatic carbocycles. The van der Waals surface area contributed by atoms with Crippen LogP contribution < -0.4 is 10.9 Å². The molecule has 1 aromatic heterocycles. The minimum atomic E-state index is -0.552. The van der Waals surface area contributed by atoms with Crippen LogP contribution in [-0.2, 0) is 6.54 Å². The number of hydrogen-bond acceptors (Lipinski definition) is 4. The Bertz CT molecular complexity index is 791. The lowest BCUT2D eigenvalue weighted by molar-refractivity contribution is 0.102. The average Bonchev–Trinajstić information content (AvgIpc) is 2.92. The number of aromatic nitrogens is 2. The van der Waals surface area contributed by atoms with Crippen LogP contribution >= 0.6 is 35.0 Å². The molecule has 1 aliphatic heterocycles. The van der Waals surface area contributed by atoms with Crippen LogP contribution in [0.25, 0.3) is 0 Å². The molecule has 0 unspecified atom stereocenters. The van der Waals surface area contributed by atoms with Crippen LogP contribution in [0.3, 0.4) is 0 Å². The van der Waals surface area contributed by atoms with Crippen molar-refractivity contribution in [1.29, 1.82) is 0 Å². The third-order valence-corrected chi connectivity index (χ3v) is 4.51. The van der Waals surface area contributed by atoms with E-state index in [1.807, 2.05) is 0 Å². The third-order valence-electron chi connectivity index (χ3n) is 2.98. The van der Waals surface area contributed by atoms with Crippen molar-refractivity contribution in [2.24, 2.45) is 0 Å². The molecule has 21 heavy (non-hydrogen) atoms. The number of halogens is 2. The van der Waals surface area contributed by atoms with E-state index in [0.29, 0.717) is 27.4 Å². The number of hydrogen-bond donors (Lipinski definition) is 1. The normalized spacial score (nSPS) is 13.0. The summed E-state index contributed by atoms with van der Waals surface area (Å²) in [6.45, 7) is 0.560. The minimum Gasteiger partial charge on any atom is -0.320 e. The summed E-state index contributed by atoms with van der Waals surface area (Å²) in [6.07, 6.45) is 1.29. The standard InChI is InChI=1S/C13H9Cl2N3O2S/c14-7-1-2-9(15)10(5-7)17-11(19)8-6-16-13-18(12(8)20)3-4-21-13/h1-2,5-6H,3-4H2,(H,17,19). The molecule has 0 radical (unpaired) electrons. The molecule has 3 rings (SSSR count). The Morgan fingerprint density at radius 1 is 1.38 bits per heavy atom. The van der Waals surface area contributed by atoms with Gasteiger partial charge in [-0.2, -0.15) is 0 Å². The minimum absolute atomic E-state index is 0.0164. The third kappa shape index (κ3) is 2.79. The fourth-order valence-electron chi connectivity index (χ4n) is 1.96. The number of nitrogens with one attached hydrogen (secondary N) is 1. The van der Waals surface area contributed by atoms with Crippen LogP contribution in [0.15, 0.2) is 34.3 Å². The Labute approximate surface area is 134 Å². The zero-order valence-corrected chi connectivity index (χ0v) is 12.9. The average molecular weight is 342 g/mol. The quantitative estimate of drug-likeness (QED) is 0.853. The van der Waals surface area contributed by atoms with Gasteiger partial charge in [0.25, 0.3) is 11.5 Å². The molecule has 0 atom stereocenters. The van der Waals surface area contributed by atoms with Crippen LogP contribution in [-0.4, -0.2) is 21.2 Å². The van der Waals surface area contributed by atoms with Crippen LogP contribution in [0, 0.1) is 0 Å². The van der Waals surface area contributed by atoms with Crippen molar-refractivity contribution in [3.05, 3.63) is 50.4 Å². The summed E-state index contributed by atoms with van der Waals surface area (Å²) >= 11 is 13.3. The van der Waals surface area contributed by atoms with Crippen molar-refractivity contribution in [3.8, 4) is 0 Å². The first kappa shape index (κ1) is 14.4. The van der Waals surface area contributed by atoms with Gasteiger partial charge in [-0.1, -0.05) is 35.0 Å². The Kier molecular flexibility index (Phi) is 3.93. The molecule has 5 nitrogen and oxygen atoms in total. The van der Waals surface area contributed by atoms with Gasteiger partial charge in [0.2, 0.25) is 0 Å². The molecular formula is C13H9Cl2N3O2S. The summed E-state index contributed by atoms with van der Waals surface area (Å²) in [4.78, 5) is 28.6. The Morgan fingerprint density at radius 2 is 2.19 bits per heavy atom. The monoisotopic (exact) mass is 341 g/mol. The van der Waals surface area contributed by atoms with Gasteiger partial charge in [0, 0.05) is 23.5 Å². The second-order valence-electron chi connectivity index (χ2n) is 4.34. The Balaban J connectivity index is 1.93. The first-order chi connectivity index (χ1) is 10.1. The predicted molar refractivity (Wildman–Crippen MR) is 83.6 cm³/mol. The van der Waals surface area contributed by atoms with Gasteiger partial charge >= 0.3 is 0 Å². The number of carbonyl (C=O) groups excluding carboxylic acids is 1. The summed E-state index contributed by atoms with van der Waals surface area (Å²) in [5.74, 6) is 0.233. The van der Waals surface area contributed by atoms with Gasteiger partial charge in [0.05, 0.1) is 10.7 Å². The zero-order valence-electron chi connectivity index (χ0n) is 10.6. The maximum atomic E-state index is 12.2. The molecule has 0 fully saturated rings. The predicted octanol–water partition coefficient (Wildman–Crippen LogP) is 2.91. The molecule has 0 spiro atoms. The summed E-state index contributed by atoms with van der Waals surface area (Å²) in [5.41, 5.74) is -0.00798. The van der Waals surface area contributed by atoms with E-state index in [-0.39, 0.29) is 11.1 Å². The van der Waals surface area contributed by atoms with Gasteiger partial charge < -0.3 is 5.32 Å².